The first-order valence-corrected chi connectivity index (χ1v) is 7.59. The molecule has 0 amide bonds. The third-order valence-electron chi connectivity index (χ3n) is 1.09. The van der Waals surface area contributed by atoms with Crippen LogP contribution in [-0.2, 0) is 4.43 Å². The van der Waals surface area contributed by atoms with Crippen molar-refractivity contribution in [3.8, 4) is 0 Å². The number of hydrogen-bond donors (Lipinski definition) is 0. The lowest BCUT2D eigenvalue weighted by Crippen LogP contribution is -2.24. The molecule has 0 atom stereocenters. The molecular formula is C9H20OSi. The van der Waals surface area contributed by atoms with Crippen LogP contribution in [0.4, 0.5) is 0 Å². The zero-order chi connectivity index (χ0) is 9.07. The molecule has 1 nitrogen and oxygen atoms in total. The van der Waals surface area contributed by atoms with E-state index in [9.17, 15) is 0 Å². The minimum Gasteiger partial charge on any atom is -0.548 e. The van der Waals surface area contributed by atoms with E-state index in [4.69, 9.17) is 4.43 Å². The van der Waals surface area contributed by atoms with Gasteiger partial charge in [-0.1, -0.05) is 20.4 Å². The maximum Gasteiger partial charge on any atom is 0.241 e. The second-order valence-electron chi connectivity index (χ2n) is 4.35. The van der Waals surface area contributed by atoms with E-state index in [1.807, 2.05) is 0 Å². The van der Waals surface area contributed by atoms with Gasteiger partial charge in [-0.3, -0.25) is 0 Å². The summed E-state index contributed by atoms with van der Waals surface area (Å²) in [5.74, 6) is 1.61. The number of allylic oxidation sites excluding steroid dienone is 1. The van der Waals surface area contributed by atoms with Gasteiger partial charge in [-0.2, -0.15) is 0 Å². The molecule has 0 aromatic rings. The van der Waals surface area contributed by atoms with E-state index in [0.29, 0.717) is 5.92 Å². The number of hydrogen-bond acceptors (Lipinski definition) is 1. The zero-order valence-corrected chi connectivity index (χ0v) is 9.40. The summed E-state index contributed by atoms with van der Waals surface area (Å²) in [5, 5.41) is 0. The molecule has 0 aliphatic rings. The minimum atomic E-state index is -1.39. The monoisotopic (exact) mass is 172 g/mol. The van der Waals surface area contributed by atoms with Crippen molar-refractivity contribution < 1.29 is 4.43 Å². The molecule has 0 unspecified atom stereocenters. The second-order valence-corrected chi connectivity index (χ2v) is 8.78. The van der Waals surface area contributed by atoms with Crippen molar-refractivity contribution in [2.75, 3.05) is 0 Å². The van der Waals surface area contributed by atoms with Gasteiger partial charge in [0.2, 0.25) is 8.32 Å². The van der Waals surface area contributed by atoms with Crippen molar-refractivity contribution >= 4 is 8.32 Å². The van der Waals surface area contributed by atoms with Crippen LogP contribution >= 0.6 is 0 Å². The summed E-state index contributed by atoms with van der Waals surface area (Å²) in [6.45, 7) is 14.8. The van der Waals surface area contributed by atoms with Crippen LogP contribution in [0.1, 0.15) is 20.3 Å². The molecule has 0 saturated heterocycles. The molecule has 0 aliphatic heterocycles. The van der Waals surface area contributed by atoms with Crippen molar-refractivity contribution in [2.24, 2.45) is 5.92 Å². The van der Waals surface area contributed by atoms with E-state index >= 15 is 0 Å². The SMILES string of the molecule is C=C(CC(C)C)O[Si](C)(C)C. The molecule has 0 aromatic carbocycles. The molecule has 66 valence electrons. The van der Waals surface area contributed by atoms with Gasteiger partial charge in [-0.25, -0.2) is 0 Å². The van der Waals surface area contributed by atoms with Crippen molar-refractivity contribution in [1.82, 2.24) is 0 Å². The van der Waals surface area contributed by atoms with Gasteiger partial charge in [-0.05, 0) is 25.6 Å². The van der Waals surface area contributed by atoms with Crippen LogP contribution in [-0.4, -0.2) is 8.32 Å². The lowest BCUT2D eigenvalue weighted by Gasteiger charge is -2.21. The molecule has 0 N–H and O–H groups in total. The van der Waals surface area contributed by atoms with Crippen molar-refractivity contribution in [3.05, 3.63) is 12.3 Å². The fourth-order valence-corrected chi connectivity index (χ4v) is 1.88. The Kier molecular flexibility index (Phi) is 3.87. The second kappa shape index (κ2) is 3.95. The lowest BCUT2D eigenvalue weighted by atomic mass is 10.1. The van der Waals surface area contributed by atoms with Crippen LogP contribution in [0.3, 0.4) is 0 Å². The molecule has 0 aliphatic carbocycles. The molecule has 0 bridgehead atoms. The molecule has 0 saturated carbocycles. The van der Waals surface area contributed by atoms with Crippen LogP contribution in [0.15, 0.2) is 12.3 Å². The average Bonchev–Trinajstić information content (AvgIpc) is 1.53. The van der Waals surface area contributed by atoms with Gasteiger partial charge < -0.3 is 4.43 Å². The van der Waals surface area contributed by atoms with Gasteiger partial charge in [0.05, 0.1) is 5.76 Å². The van der Waals surface area contributed by atoms with E-state index < -0.39 is 8.32 Å². The Bertz CT molecular complexity index is 133. The summed E-state index contributed by atoms with van der Waals surface area (Å²) in [6, 6.07) is 0. The molecule has 0 radical (unpaired) electrons. The molecule has 0 heterocycles. The standard InChI is InChI=1S/C9H20OSi/c1-8(2)7-9(3)10-11(4,5)6/h8H,3,7H2,1-2,4-6H3. The Labute approximate surface area is 71.6 Å². The molecule has 0 spiro atoms. The van der Waals surface area contributed by atoms with Gasteiger partial charge in [0, 0.05) is 6.42 Å². The predicted octanol–water partition coefficient (Wildman–Crippen LogP) is 3.40. The smallest absolute Gasteiger partial charge is 0.241 e. The fraction of sp³-hybridized carbons (Fsp3) is 0.778. The third kappa shape index (κ3) is 7.66. The van der Waals surface area contributed by atoms with Crippen LogP contribution in [0.2, 0.25) is 19.6 Å². The van der Waals surface area contributed by atoms with E-state index in [0.717, 1.165) is 12.2 Å². The van der Waals surface area contributed by atoms with Gasteiger partial charge in [0.25, 0.3) is 0 Å². The molecule has 0 rings (SSSR count). The topological polar surface area (TPSA) is 9.23 Å². The summed E-state index contributed by atoms with van der Waals surface area (Å²) < 4.78 is 5.69. The maximum atomic E-state index is 5.69. The maximum absolute atomic E-state index is 5.69. The molecule has 0 aromatic heterocycles. The fourth-order valence-electron chi connectivity index (χ4n) is 0.930. The molecule has 11 heavy (non-hydrogen) atoms. The Hall–Kier alpha value is -0.243. The van der Waals surface area contributed by atoms with E-state index in [-0.39, 0.29) is 0 Å². The largest absolute Gasteiger partial charge is 0.548 e. The van der Waals surface area contributed by atoms with Crippen molar-refractivity contribution in [3.63, 3.8) is 0 Å². The van der Waals surface area contributed by atoms with Crippen LogP contribution in [0.5, 0.6) is 0 Å². The summed E-state index contributed by atoms with van der Waals surface area (Å²) in [6.07, 6.45) is 0.990. The van der Waals surface area contributed by atoms with Crippen molar-refractivity contribution in [2.45, 2.75) is 39.9 Å². The highest BCUT2D eigenvalue weighted by Gasteiger charge is 2.16. The summed E-state index contributed by atoms with van der Waals surface area (Å²) >= 11 is 0. The highest BCUT2D eigenvalue weighted by molar-refractivity contribution is 6.70. The van der Waals surface area contributed by atoms with Crippen LogP contribution in [0.25, 0.3) is 0 Å². The Balaban J connectivity index is 3.71. The summed E-state index contributed by atoms with van der Waals surface area (Å²) in [7, 11) is -1.39. The van der Waals surface area contributed by atoms with Gasteiger partial charge >= 0.3 is 0 Å². The zero-order valence-electron chi connectivity index (χ0n) is 8.40. The summed E-state index contributed by atoms with van der Waals surface area (Å²) in [5.41, 5.74) is 0. The van der Waals surface area contributed by atoms with Gasteiger partial charge in [0.1, 0.15) is 0 Å². The predicted molar refractivity (Wildman–Crippen MR) is 53.0 cm³/mol. The Morgan fingerprint density at radius 3 is 2.09 bits per heavy atom. The van der Waals surface area contributed by atoms with Gasteiger partial charge in [0.15, 0.2) is 0 Å². The van der Waals surface area contributed by atoms with Crippen LogP contribution in [0, 0.1) is 5.92 Å². The Morgan fingerprint density at radius 1 is 1.36 bits per heavy atom. The highest BCUT2D eigenvalue weighted by atomic mass is 28.4. The lowest BCUT2D eigenvalue weighted by molar-refractivity contribution is 0.379. The molecule has 2 heteroatoms. The first-order valence-electron chi connectivity index (χ1n) is 4.18. The normalized spacial score (nSPS) is 11.8. The number of rotatable bonds is 4. The third-order valence-corrected chi connectivity index (χ3v) is 1.99. The first kappa shape index (κ1) is 10.8. The van der Waals surface area contributed by atoms with E-state index in [1.165, 1.54) is 0 Å². The van der Waals surface area contributed by atoms with Gasteiger partial charge in [-0.15, -0.1) is 0 Å². The molecule has 0 fully saturated rings. The quantitative estimate of drug-likeness (QED) is 0.466. The van der Waals surface area contributed by atoms with Crippen molar-refractivity contribution in [1.29, 1.82) is 0 Å². The van der Waals surface area contributed by atoms with E-state index in [1.54, 1.807) is 0 Å². The average molecular weight is 172 g/mol. The van der Waals surface area contributed by atoms with E-state index in [2.05, 4.69) is 40.1 Å². The first-order chi connectivity index (χ1) is 4.81. The van der Waals surface area contributed by atoms with Crippen LogP contribution < -0.4 is 0 Å². The minimum absolute atomic E-state index is 0.652. The Morgan fingerprint density at radius 2 is 1.82 bits per heavy atom. The summed E-state index contributed by atoms with van der Waals surface area (Å²) in [4.78, 5) is 0. The molecular weight excluding hydrogens is 152 g/mol. The highest BCUT2D eigenvalue weighted by Crippen LogP contribution is 2.15.